The number of nitrogens with one attached hydrogen (secondary N) is 1. The zero-order valence-electron chi connectivity index (χ0n) is 8.50. The summed E-state index contributed by atoms with van der Waals surface area (Å²) in [5.41, 5.74) is 0. The fourth-order valence-corrected chi connectivity index (χ4v) is 1.04. The Balaban J connectivity index is 3.99. The molecule has 0 aliphatic carbocycles. The Hall–Kier alpha value is -1.08. The fraction of sp³-hybridized carbons (Fsp3) is 0.778. The summed E-state index contributed by atoms with van der Waals surface area (Å²) < 4.78 is 0. The van der Waals surface area contributed by atoms with Crippen LogP contribution < -0.4 is 5.32 Å². The van der Waals surface area contributed by atoms with Gasteiger partial charge in [0.25, 0.3) is 0 Å². The van der Waals surface area contributed by atoms with Crippen LogP contribution in [0.5, 0.6) is 0 Å². The van der Waals surface area contributed by atoms with E-state index in [9.17, 15) is 4.79 Å². The smallest absolute Gasteiger partial charge is 0.234 e. The summed E-state index contributed by atoms with van der Waals surface area (Å²) >= 11 is 0. The van der Waals surface area contributed by atoms with E-state index in [1.54, 1.807) is 6.92 Å². The predicted molar refractivity (Wildman–Crippen MR) is 51.0 cm³/mol. The van der Waals surface area contributed by atoms with Gasteiger partial charge in [-0.15, -0.1) is 0 Å². The van der Waals surface area contributed by atoms with Gasteiger partial charge in [0.2, 0.25) is 5.91 Å². The van der Waals surface area contributed by atoms with Gasteiger partial charge in [0.05, 0.1) is 18.7 Å². The molecule has 4 heteroatoms. The van der Waals surface area contributed by atoms with Crippen molar-refractivity contribution < 1.29 is 4.79 Å². The number of carbonyl (C=O) groups is 1. The third kappa shape index (κ3) is 4.48. The Morgan fingerprint density at radius 3 is 2.62 bits per heavy atom. The molecule has 1 N–H and O–H groups in total. The largest absolute Gasteiger partial charge is 0.355 e. The second-order valence-electron chi connectivity index (χ2n) is 2.82. The monoisotopic (exact) mass is 183 g/mol. The summed E-state index contributed by atoms with van der Waals surface area (Å²) in [4.78, 5) is 13.0. The molecule has 0 aromatic rings. The lowest BCUT2D eigenvalue weighted by atomic mass is 10.3. The van der Waals surface area contributed by atoms with Gasteiger partial charge in [0.1, 0.15) is 0 Å². The van der Waals surface area contributed by atoms with Crippen LogP contribution in [0.1, 0.15) is 20.8 Å². The maximum atomic E-state index is 11.2. The van der Waals surface area contributed by atoms with Crippen LogP contribution in [0, 0.1) is 11.3 Å². The van der Waals surface area contributed by atoms with E-state index >= 15 is 0 Å². The lowest BCUT2D eigenvalue weighted by molar-refractivity contribution is -0.122. The Bertz CT molecular complexity index is 198. The molecule has 13 heavy (non-hydrogen) atoms. The summed E-state index contributed by atoms with van der Waals surface area (Å²) in [7, 11) is 0. The number of amides is 1. The molecule has 0 aliphatic rings. The van der Waals surface area contributed by atoms with Crippen LogP contribution in [0.3, 0.4) is 0 Å². The van der Waals surface area contributed by atoms with Crippen molar-refractivity contribution in [3.63, 3.8) is 0 Å². The average Bonchev–Trinajstić information content (AvgIpc) is 2.13. The number of likely N-dealkylation sites (N-methyl/N-ethyl adjacent to an activating group) is 2. The molecule has 0 saturated carbocycles. The molecule has 0 spiro atoms. The highest BCUT2D eigenvalue weighted by atomic mass is 16.2. The summed E-state index contributed by atoms with van der Waals surface area (Å²) in [5.74, 6) is -0.0218. The summed E-state index contributed by atoms with van der Waals surface area (Å²) in [6.07, 6.45) is 0. The summed E-state index contributed by atoms with van der Waals surface area (Å²) in [6, 6.07) is 1.91. The first-order chi connectivity index (χ1) is 6.15. The van der Waals surface area contributed by atoms with Crippen LogP contribution in [0.15, 0.2) is 0 Å². The number of nitriles is 1. The number of hydrogen-bond donors (Lipinski definition) is 1. The Morgan fingerprint density at radius 2 is 2.23 bits per heavy atom. The molecule has 4 nitrogen and oxygen atoms in total. The normalized spacial score (nSPS) is 12.2. The second kappa shape index (κ2) is 6.44. The van der Waals surface area contributed by atoms with Crippen molar-refractivity contribution in [1.29, 1.82) is 5.26 Å². The van der Waals surface area contributed by atoms with Crippen molar-refractivity contribution in [3.8, 4) is 6.07 Å². The van der Waals surface area contributed by atoms with Crippen LogP contribution in [0.4, 0.5) is 0 Å². The van der Waals surface area contributed by atoms with E-state index in [4.69, 9.17) is 5.26 Å². The van der Waals surface area contributed by atoms with Gasteiger partial charge in [-0.05, 0) is 20.4 Å². The number of carbonyl (C=O) groups excluding carboxylic acids is 1. The fourth-order valence-electron chi connectivity index (χ4n) is 1.04. The van der Waals surface area contributed by atoms with Gasteiger partial charge in [-0.2, -0.15) is 5.26 Å². The molecule has 0 aliphatic heterocycles. The van der Waals surface area contributed by atoms with E-state index in [1.807, 2.05) is 18.7 Å². The molecule has 1 unspecified atom stereocenters. The first kappa shape index (κ1) is 11.9. The molecule has 0 heterocycles. The molecule has 74 valence electrons. The molecule has 0 aromatic heterocycles. The zero-order valence-corrected chi connectivity index (χ0v) is 8.50. The maximum Gasteiger partial charge on any atom is 0.234 e. The molecule has 1 atom stereocenters. The van der Waals surface area contributed by atoms with Crippen molar-refractivity contribution in [2.75, 3.05) is 19.6 Å². The van der Waals surface area contributed by atoms with E-state index < -0.39 is 0 Å². The summed E-state index contributed by atoms with van der Waals surface area (Å²) in [6.45, 7) is 7.26. The lowest BCUT2D eigenvalue weighted by Crippen LogP contribution is -2.41. The van der Waals surface area contributed by atoms with E-state index in [-0.39, 0.29) is 11.9 Å². The highest BCUT2D eigenvalue weighted by Crippen LogP contribution is 1.95. The van der Waals surface area contributed by atoms with Crippen LogP contribution in [-0.4, -0.2) is 36.5 Å². The van der Waals surface area contributed by atoms with Gasteiger partial charge in [-0.1, -0.05) is 6.92 Å². The maximum absolute atomic E-state index is 11.2. The molecule has 0 rings (SSSR count). The molecule has 0 bridgehead atoms. The SMILES string of the molecule is CCNC(=O)CN(CC)C(C)C#N. The first-order valence-corrected chi connectivity index (χ1v) is 4.56. The minimum atomic E-state index is -0.201. The second-order valence-corrected chi connectivity index (χ2v) is 2.82. The van der Waals surface area contributed by atoms with Gasteiger partial charge in [0, 0.05) is 6.54 Å². The van der Waals surface area contributed by atoms with E-state index in [0.717, 1.165) is 0 Å². The number of nitrogens with zero attached hydrogens (tertiary/aromatic N) is 2. The first-order valence-electron chi connectivity index (χ1n) is 4.56. The van der Waals surface area contributed by atoms with Crippen LogP contribution >= 0.6 is 0 Å². The van der Waals surface area contributed by atoms with Gasteiger partial charge in [-0.3, -0.25) is 9.69 Å². The van der Waals surface area contributed by atoms with Crippen molar-refractivity contribution >= 4 is 5.91 Å². The van der Waals surface area contributed by atoms with Crippen molar-refractivity contribution in [2.45, 2.75) is 26.8 Å². The van der Waals surface area contributed by atoms with E-state index in [0.29, 0.717) is 19.6 Å². The van der Waals surface area contributed by atoms with Crippen molar-refractivity contribution in [2.24, 2.45) is 0 Å². The Morgan fingerprint density at radius 1 is 1.62 bits per heavy atom. The highest BCUT2D eigenvalue weighted by molar-refractivity contribution is 5.78. The zero-order chi connectivity index (χ0) is 10.3. The minimum absolute atomic E-state index is 0.0218. The minimum Gasteiger partial charge on any atom is -0.355 e. The van der Waals surface area contributed by atoms with Gasteiger partial charge >= 0.3 is 0 Å². The topological polar surface area (TPSA) is 56.1 Å². The van der Waals surface area contributed by atoms with Crippen molar-refractivity contribution in [1.82, 2.24) is 10.2 Å². The average molecular weight is 183 g/mol. The van der Waals surface area contributed by atoms with Crippen LogP contribution in [-0.2, 0) is 4.79 Å². The third-order valence-corrected chi connectivity index (χ3v) is 1.86. The number of rotatable bonds is 5. The van der Waals surface area contributed by atoms with E-state index in [2.05, 4.69) is 11.4 Å². The molecule has 0 radical (unpaired) electrons. The molecule has 0 fully saturated rings. The standard InChI is InChI=1S/C9H17N3O/c1-4-11-9(13)7-12(5-2)8(3)6-10/h8H,4-5,7H2,1-3H3,(H,11,13). The molecule has 0 aromatic carbocycles. The Labute approximate surface area is 79.5 Å². The summed E-state index contributed by atoms with van der Waals surface area (Å²) in [5, 5.41) is 11.4. The highest BCUT2D eigenvalue weighted by Gasteiger charge is 2.13. The van der Waals surface area contributed by atoms with Gasteiger partial charge in [0.15, 0.2) is 0 Å². The van der Waals surface area contributed by atoms with Gasteiger partial charge < -0.3 is 5.32 Å². The lowest BCUT2D eigenvalue weighted by Gasteiger charge is -2.21. The quantitative estimate of drug-likeness (QED) is 0.669. The molecule has 0 saturated heterocycles. The van der Waals surface area contributed by atoms with Crippen molar-refractivity contribution in [3.05, 3.63) is 0 Å². The van der Waals surface area contributed by atoms with Crippen LogP contribution in [0.2, 0.25) is 0 Å². The van der Waals surface area contributed by atoms with Gasteiger partial charge in [-0.25, -0.2) is 0 Å². The molecular weight excluding hydrogens is 166 g/mol. The van der Waals surface area contributed by atoms with E-state index in [1.165, 1.54) is 0 Å². The third-order valence-electron chi connectivity index (χ3n) is 1.86. The molecular formula is C9H17N3O. The van der Waals surface area contributed by atoms with Crippen LogP contribution in [0.25, 0.3) is 0 Å². The number of hydrogen-bond acceptors (Lipinski definition) is 3. The Kier molecular flexibility index (Phi) is 5.90. The molecule has 1 amide bonds. The predicted octanol–water partition coefficient (Wildman–Crippen LogP) is 0.356.